The number of ether oxygens (including phenoxy) is 2. The van der Waals surface area contributed by atoms with Crippen LogP contribution >= 0.6 is 0 Å². The Bertz CT molecular complexity index is 581. The molecule has 2 aromatic rings. The molecule has 2 heterocycles. The molecule has 1 aliphatic heterocycles. The second-order valence-corrected chi connectivity index (χ2v) is 6.56. The molecule has 0 bridgehead atoms. The minimum Gasteiger partial charge on any atom is -0.467 e. The van der Waals surface area contributed by atoms with E-state index in [1.807, 2.05) is 30.3 Å². The van der Waals surface area contributed by atoms with Crippen LogP contribution in [0.1, 0.15) is 24.2 Å². The lowest BCUT2D eigenvalue weighted by atomic mass is 10.1. The summed E-state index contributed by atoms with van der Waals surface area (Å²) >= 11 is 0. The van der Waals surface area contributed by atoms with E-state index >= 15 is 0 Å². The van der Waals surface area contributed by atoms with E-state index < -0.39 is 6.10 Å². The van der Waals surface area contributed by atoms with E-state index in [0.29, 0.717) is 13.2 Å². The van der Waals surface area contributed by atoms with E-state index in [1.54, 1.807) is 6.26 Å². The summed E-state index contributed by atoms with van der Waals surface area (Å²) in [5, 5.41) is 10.4. The van der Waals surface area contributed by atoms with Crippen LogP contribution in [0.5, 0.6) is 0 Å². The van der Waals surface area contributed by atoms with Gasteiger partial charge in [0, 0.05) is 26.2 Å². The topological polar surface area (TPSA) is 55.1 Å². The summed E-state index contributed by atoms with van der Waals surface area (Å²) in [7, 11) is 0. The SMILES string of the molecule is O[C@@H](COCc1ccco1)CN(Cc1ccccc1)C[C@@H]1CCCO1. The molecule has 0 aliphatic carbocycles. The molecule has 25 heavy (non-hydrogen) atoms. The standard InChI is InChI=1S/C20H27NO4/c22-18(15-23-16-20-9-5-11-25-20)13-21(14-19-8-4-10-24-19)12-17-6-2-1-3-7-17/h1-3,5-7,9,11,18-19,22H,4,8,10,12-16H2/t18-,19+/m1/s1. The van der Waals surface area contributed by atoms with Crippen molar-refractivity contribution in [2.45, 2.75) is 38.2 Å². The Morgan fingerprint density at radius 3 is 2.80 bits per heavy atom. The molecule has 5 nitrogen and oxygen atoms in total. The second kappa shape index (κ2) is 9.73. The summed E-state index contributed by atoms with van der Waals surface area (Å²) in [5.74, 6) is 0.771. The van der Waals surface area contributed by atoms with Gasteiger partial charge in [0.05, 0.1) is 25.1 Å². The van der Waals surface area contributed by atoms with Crippen LogP contribution in [0.25, 0.3) is 0 Å². The molecule has 2 atom stereocenters. The van der Waals surface area contributed by atoms with Crippen molar-refractivity contribution in [3.8, 4) is 0 Å². The minimum atomic E-state index is -0.542. The number of benzene rings is 1. The van der Waals surface area contributed by atoms with Gasteiger partial charge in [-0.05, 0) is 30.5 Å². The lowest BCUT2D eigenvalue weighted by Gasteiger charge is -2.27. The van der Waals surface area contributed by atoms with E-state index in [9.17, 15) is 5.11 Å². The fourth-order valence-electron chi connectivity index (χ4n) is 3.16. The Hall–Kier alpha value is -1.66. The zero-order chi connectivity index (χ0) is 17.3. The Labute approximate surface area is 149 Å². The third kappa shape index (κ3) is 6.29. The van der Waals surface area contributed by atoms with Gasteiger partial charge in [-0.1, -0.05) is 30.3 Å². The van der Waals surface area contributed by atoms with E-state index in [0.717, 1.165) is 38.3 Å². The molecular formula is C20H27NO4. The molecule has 5 heteroatoms. The molecule has 1 aromatic carbocycles. The number of aliphatic hydroxyl groups excluding tert-OH is 1. The molecule has 1 N–H and O–H groups in total. The van der Waals surface area contributed by atoms with Crippen LogP contribution in [0.3, 0.4) is 0 Å². The first-order valence-corrected chi connectivity index (χ1v) is 8.95. The van der Waals surface area contributed by atoms with Crippen molar-refractivity contribution in [3.05, 3.63) is 60.1 Å². The first-order valence-electron chi connectivity index (χ1n) is 8.95. The molecule has 0 amide bonds. The highest BCUT2D eigenvalue weighted by Crippen LogP contribution is 2.15. The highest BCUT2D eigenvalue weighted by molar-refractivity contribution is 5.14. The summed E-state index contributed by atoms with van der Waals surface area (Å²) in [5.41, 5.74) is 1.24. The molecule has 1 saturated heterocycles. The Balaban J connectivity index is 1.48. The Morgan fingerprint density at radius 1 is 1.20 bits per heavy atom. The van der Waals surface area contributed by atoms with Gasteiger partial charge in [0.2, 0.25) is 0 Å². The van der Waals surface area contributed by atoms with Crippen molar-refractivity contribution in [3.63, 3.8) is 0 Å². The summed E-state index contributed by atoms with van der Waals surface area (Å²) in [6.45, 7) is 3.72. The molecule has 1 aliphatic rings. The molecule has 0 radical (unpaired) electrons. The van der Waals surface area contributed by atoms with Gasteiger partial charge in [-0.2, -0.15) is 0 Å². The number of aliphatic hydroxyl groups is 1. The van der Waals surface area contributed by atoms with Crippen molar-refractivity contribution < 1.29 is 19.0 Å². The molecule has 1 fully saturated rings. The van der Waals surface area contributed by atoms with Gasteiger partial charge in [0.25, 0.3) is 0 Å². The van der Waals surface area contributed by atoms with E-state index in [1.165, 1.54) is 5.56 Å². The maximum atomic E-state index is 10.4. The third-order valence-electron chi connectivity index (χ3n) is 4.34. The van der Waals surface area contributed by atoms with Crippen molar-refractivity contribution in [2.75, 3.05) is 26.3 Å². The van der Waals surface area contributed by atoms with Crippen LogP contribution in [0.15, 0.2) is 53.1 Å². The average Bonchev–Trinajstić information content (AvgIpc) is 3.29. The quantitative estimate of drug-likeness (QED) is 0.718. The number of nitrogens with zero attached hydrogens (tertiary/aromatic N) is 1. The summed E-state index contributed by atoms with van der Waals surface area (Å²) < 4.78 is 16.6. The maximum Gasteiger partial charge on any atom is 0.129 e. The molecule has 136 valence electrons. The lowest BCUT2D eigenvalue weighted by molar-refractivity contribution is -0.00635. The first-order chi connectivity index (χ1) is 12.3. The second-order valence-electron chi connectivity index (χ2n) is 6.56. The van der Waals surface area contributed by atoms with Gasteiger partial charge in [0.15, 0.2) is 0 Å². The van der Waals surface area contributed by atoms with Crippen LogP contribution < -0.4 is 0 Å². The number of rotatable bonds is 10. The van der Waals surface area contributed by atoms with Crippen LogP contribution in [0.4, 0.5) is 0 Å². The average molecular weight is 345 g/mol. The molecule has 3 rings (SSSR count). The minimum absolute atomic E-state index is 0.264. The monoisotopic (exact) mass is 345 g/mol. The van der Waals surface area contributed by atoms with Gasteiger partial charge in [-0.15, -0.1) is 0 Å². The Morgan fingerprint density at radius 2 is 2.08 bits per heavy atom. The van der Waals surface area contributed by atoms with Crippen LogP contribution in [0.2, 0.25) is 0 Å². The van der Waals surface area contributed by atoms with E-state index in [2.05, 4.69) is 17.0 Å². The maximum absolute atomic E-state index is 10.4. The zero-order valence-electron chi connectivity index (χ0n) is 14.5. The van der Waals surface area contributed by atoms with Crippen molar-refractivity contribution in [1.82, 2.24) is 4.90 Å². The normalized spacial score (nSPS) is 18.7. The first kappa shape index (κ1) is 18.1. The highest BCUT2D eigenvalue weighted by Gasteiger charge is 2.21. The summed E-state index contributed by atoms with van der Waals surface area (Å²) in [4.78, 5) is 2.26. The zero-order valence-corrected chi connectivity index (χ0v) is 14.5. The summed E-state index contributed by atoms with van der Waals surface area (Å²) in [6.07, 6.45) is 3.56. The predicted molar refractivity (Wildman–Crippen MR) is 95.1 cm³/mol. The van der Waals surface area contributed by atoms with Gasteiger partial charge in [-0.25, -0.2) is 0 Å². The van der Waals surface area contributed by atoms with Gasteiger partial charge < -0.3 is 19.0 Å². The largest absolute Gasteiger partial charge is 0.467 e. The predicted octanol–water partition coefficient (Wildman–Crippen LogP) is 2.84. The van der Waals surface area contributed by atoms with Crippen LogP contribution in [-0.2, 0) is 22.6 Å². The van der Waals surface area contributed by atoms with Crippen molar-refractivity contribution >= 4 is 0 Å². The Kier molecular flexibility index (Phi) is 7.06. The third-order valence-corrected chi connectivity index (χ3v) is 4.34. The molecule has 0 saturated carbocycles. The van der Waals surface area contributed by atoms with E-state index in [4.69, 9.17) is 13.9 Å². The molecule has 0 spiro atoms. The highest BCUT2D eigenvalue weighted by atomic mass is 16.5. The van der Waals surface area contributed by atoms with Gasteiger partial charge in [0.1, 0.15) is 12.4 Å². The van der Waals surface area contributed by atoms with Crippen molar-refractivity contribution in [2.24, 2.45) is 0 Å². The van der Waals surface area contributed by atoms with Crippen LogP contribution in [0, 0.1) is 0 Å². The smallest absolute Gasteiger partial charge is 0.129 e. The van der Waals surface area contributed by atoms with Gasteiger partial charge in [-0.3, -0.25) is 4.90 Å². The molecule has 0 unspecified atom stereocenters. The molecular weight excluding hydrogens is 318 g/mol. The van der Waals surface area contributed by atoms with E-state index in [-0.39, 0.29) is 12.7 Å². The summed E-state index contributed by atoms with van der Waals surface area (Å²) in [6, 6.07) is 14.0. The number of furan rings is 1. The lowest BCUT2D eigenvalue weighted by Crippen LogP contribution is -2.39. The fourth-order valence-corrected chi connectivity index (χ4v) is 3.16. The number of hydrogen-bond donors (Lipinski definition) is 1. The molecule has 1 aromatic heterocycles. The van der Waals surface area contributed by atoms with Crippen LogP contribution in [-0.4, -0.2) is 48.5 Å². The number of hydrogen-bond acceptors (Lipinski definition) is 5. The van der Waals surface area contributed by atoms with Crippen molar-refractivity contribution in [1.29, 1.82) is 0 Å². The fraction of sp³-hybridized carbons (Fsp3) is 0.500. The van der Waals surface area contributed by atoms with Gasteiger partial charge >= 0.3 is 0 Å².